The highest BCUT2D eigenvalue weighted by atomic mass is 16.5. The Hall–Kier alpha value is -1.89. The zero-order chi connectivity index (χ0) is 14.0. The highest BCUT2D eigenvalue weighted by Gasteiger charge is 2.34. The number of morpholine rings is 1. The van der Waals surface area contributed by atoms with Crippen molar-refractivity contribution in [3.63, 3.8) is 0 Å². The van der Waals surface area contributed by atoms with Crippen molar-refractivity contribution in [1.29, 1.82) is 0 Å². The second-order valence-electron chi connectivity index (χ2n) is 4.46. The molecule has 19 heavy (non-hydrogen) atoms. The number of aryl methyl sites for hydroxylation is 1. The predicted molar refractivity (Wildman–Crippen MR) is 63.8 cm³/mol. The third kappa shape index (κ3) is 2.76. The minimum absolute atomic E-state index is 0.0223. The number of aliphatic carboxylic acids is 1. The molecular weight excluding hydrogens is 252 g/mol. The molecule has 104 valence electrons. The van der Waals surface area contributed by atoms with E-state index in [1.165, 1.54) is 11.3 Å². The van der Waals surface area contributed by atoms with Gasteiger partial charge in [-0.1, -0.05) is 6.92 Å². The van der Waals surface area contributed by atoms with E-state index >= 15 is 0 Å². The maximum Gasteiger partial charge on any atom is 0.334 e. The van der Waals surface area contributed by atoms with Crippen LogP contribution in [-0.4, -0.2) is 52.2 Å². The lowest BCUT2D eigenvalue weighted by Crippen LogP contribution is -2.52. The first-order valence-electron chi connectivity index (χ1n) is 6.12. The van der Waals surface area contributed by atoms with Gasteiger partial charge in [-0.15, -0.1) is 0 Å². The number of carboxylic acids is 1. The fourth-order valence-electron chi connectivity index (χ4n) is 2.10. The Labute approximate surface area is 110 Å². The van der Waals surface area contributed by atoms with Crippen LogP contribution in [0, 0.1) is 0 Å². The molecule has 0 saturated carbocycles. The second-order valence-corrected chi connectivity index (χ2v) is 4.46. The van der Waals surface area contributed by atoms with E-state index in [4.69, 9.17) is 14.3 Å². The van der Waals surface area contributed by atoms with Gasteiger partial charge in [0.25, 0.3) is 5.91 Å². The van der Waals surface area contributed by atoms with Crippen LogP contribution in [0.5, 0.6) is 0 Å². The summed E-state index contributed by atoms with van der Waals surface area (Å²) in [6.07, 6.45) is 0.467. The van der Waals surface area contributed by atoms with Crippen LogP contribution in [0.3, 0.4) is 0 Å². The average molecular weight is 268 g/mol. The van der Waals surface area contributed by atoms with E-state index in [1.54, 1.807) is 6.92 Å². The van der Waals surface area contributed by atoms with Gasteiger partial charge in [0.15, 0.2) is 18.2 Å². The number of aromatic nitrogens is 1. The van der Waals surface area contributed by atoms with Crippen LogP contribution in [0.1, 0.15) is 30.1 Å². The standard InChI is InChI=1S/C12H16N2O5/c1-3-8-10(13-6-18-8)11(15)14-4-7(2)19-9(5-14)12(16)17/h6-7,9H,3-5H2,1-2H3,(H,16,17)/t7-,9?/m1/s1. The van der Waals surface area contributed by atoms with Crippen molar-refractivity contribution in [2.24, 2.45) is 0 Å². The van der Waals surface area contributed by atoms with Gasteiger partial charge < -0.3 is 19.2 Å². The van der Waals surface area contributed by atoms with Crippen LogP contribution in [0.15, 0.2) is 10.8 Å². The molecule has 2 heterocycles. The molecule has 0 bridgehead atoms. The fourth-order valence-corrected chi connectivity index (χ4v) is 2.10. The third-order valence-electron chi connectivity index (χ3n) is 2.99. The lowest BCUT2D eigenvalue weighted by Gasteiger charge is -2.34. The molecule has 1 aliphatic heterocycles. The number of carbonyl (C=O) groups excluding carboxylic acids is 1. The Kier molecular flexibility index (Phi) is 3.84. The molecule has 0 aromatic carbocycles. The van der Waals surface area contributed by atoms with Crippen LogP contribution in [-0.2, 0) is 16.0 Å². The summed E-state index contributed by atoms with van der Waals surface area (Å²) in [7, 11) is 0. The number of rotatable bonds is 3. The Morgan fingerprint density at radius 1 is 1.53 bits per heavy atom. The van der Waals surface area contributed by atoms with Gasteiger partial charge in [-0.2, -0.15) is 0 Å². The summed E-state index contributed by atoms with van der Waals surface area (Å²) in [5, 5.41) is 8.99. The van der Waals surface area contributed by atoms with Crippen LogP contribution < -0.4 is 0 Å². The normalized spacial score (nSPS) is 23.4. The van der Waals surface area contributed by atoms with E-state index in [0.717, 1.165) is 0 Å². The number of nitrogens with zero attached hydrogens (tertiary/aromatic N) is 2. The van der Waals surface area contributed by atoms with Crippen LogP contribution >= 0.6 is 0 Å². The van der Waals surface area contributed by atoms with Gasteiger partial charge in [0.2, 0.25) is 0 Å². The van der Waals surface area contributed by atoms with Gasteiger partial charge in [-0.05, 0) is 6.92 Å². The Morgan fingerprint density at radius 2 is 2.26 bits per heavy atom. The van der Waals surface area contributed by atoms with E-state index in [1.807, 2.05) is 6.92 Å². The average Bonchev–Trinajstić information content (AvgIpc) is 2.85. The molecule has 7 heteroatoms. The van der Waals surface area contributed by atoms with Gasteiger partial charge in [-0.25, -0.2) is 9.78 Å². The highest BCUT2D eigenvalue weighted by Crippen LogP contribution is 2.16. The van der Waals surface area contributed by atoms with E-state index in [0.29, 0.717) is 18.7 Å². The van der Waals surface area contributed by atoms with Crippen LogP contribution in [0.2, 0.25) is 0 Å². The number of amides is 1. The summed E-state index contributed by atoms with van der Waals surface area (Å²) in [6, 6.07) is 0. The van der Waals surface area contributed by atoms with Gasteiger partial charge in [0.05, 0.1) is 12.6 Å². The maximum absolute atomic E-state index is 12.3. The second kappa shape index (κ2) is 5.40. The first-order chi connectivity index (χ1) is 9.02. The topological polar surface area (TPSA) is 92.9 Å². The molecular formula is C12H16N2O5. The van der Waals surface area contributed by atoms with Gasteiger partial charge in [0.1, 0.15) is 5.76 Å². The third-order valence-corrected chi connectivity index (χ3v) is 2.99. The lowest BCUT2D eigenvalue weighted by atomic mass is 10.2. The largest absolute Gasteiger partial charge is 0.479 e. The zero-order valence-electron chi connectivity index (χ0n) is 10.8. The molecule has 0 radical (unpaired) electrons. The molecule has 0 aliphatic carbocycles. The number of hydrogen-bond acceptors (Lipinski definition) is 5. The van der Waals surface area contributed by atoms with Crippen LogP contribution in [0.25, 0.3) is 0 Å². The summed E-state index contributed by atoms with van der Waals surface area (Å²) in [5.41, 5.74) is 0.251. The minimum Gasteiger partial charge on any atom is -0.479 e. The summed E-state index contributed by atoms with van der Waals surface area (Å²) >= 11 is 0. The number of ether oxygens (including phenoxy) is 1. The van der Waals surface area contributed by atoms with E-state index < -0.39 is 12.1 Å². The first kappa shape index (κ1) is 13.5. The monoisotopic (exact) mass is 268 g/mol. The Bertz CT molecular complexity index is 484. The van der Waals surface area contributed by atoms with Gasteiger partial charge in [-0.3, -0.25) is 4.79 Å². The fraction of sp³-hybridized carbons (Fsp3) is 0.583. The van der Waals surface area contributed by atoms with Crippen molar-refractivity contribution >= 4 is 11.9 Å². The van der Waals surface area contributed by atoms with Crippen molar-refractivity contribution < 1.29 is 23.8 Å². The Balaban J connectivity index is 2.16. The molecule has 1 aromatic rings. The highest BCUT2D eigenvalue weighted by molar-refractivity contribution is 5.93. The Morgan fingerprint density at radius 3 is 2.89 bits per heavy atom. The number of oxazole rings is 1. The van der Waals surface area contributed by atoms with Crippen LogP contribution in [0.4, 0.5) is 0 Å². The number of hydrogen-bond donors (Lipinski definition) is 1. The molecule has 1 aliphatic rings. The summed E-state index contributed by atoms with van der Waals surface area (Å²) in [4.78, 5) is 28.6. The molecule has 0 spiro atoms. The maximum atomic E-state index is 12.3. The van der Waals surface area contributed by atoms with Crippen molar-refractivity contribution in [3.05, 3.63) is 17.8 Å². The van der Waals surface area contributed by atoms with Gasteiger partial charge in [0, 0.05) is 13.0 Å². The molecule has 2 atom stereocenters. The molecule has 1 amide bonds. The summed E-state index contributed by atoms with van der Waals surface area (Å²) in [6.45, 7) is 3.96. The molecule has 1 fully saturated rings. The van der Waals surface area contributed by atoms with Gasteiger partial charge >= 0.3 is 5.97 Å². The SMILES string of the molecule is CCc1ocnc1C(=O)N1CC(C(=O)O)O[C@H](C)C1. The molecule has 7 nitrogen and oxygen atoms in total. The van der Waals surface area contributed by atoms with Crippen molar-refractivity contribution in [2.45, 2.75) is 32.5 Å². The van der Waals surface area contributed by atoms with Crippen molar-refractivity contribution in [3.8, 4) is 0 Å². The molecule has 2 rings (SSSR count). The van der Waals surface area contributed by atoms with E-state index in [2.05, 4.69) is 4.98 Å². The van der Waals surface area contributed by atoms with Crippen molar-refractivity contribution in [1.82, 2.24) is 9.88 Å². The first-order valence-corrected chi connectivity index (χ1v) is 6.12. The van der Waals surface area contributed by atoms with Crippen molar-refractivity contribution in [2.75, 3.05) is 13.1 Å². The van der Waals surface area contributed by atoms with E-state index in [9.17, 15) is 9.59 Å². The molecule has 1 unspecified atom stereocenters. The lowest BCUT2D eigenvalue weighted by molar-refractivity contribution is -0.160. The quantitative estimate of drug-likeness (QED) is 0.860. The number of carbonyl (C=O) groups is 2. The summed E-state index contributed by atoms with van der Waals surface area (Å²) < 4.78 is 10.4. The van der Waals surface area contributed by atoms with E-state index in [-0.39, 0.29) is 24.2 Å². The smallest absolute Gasteiger partial charge is 0.334 e. The summed E-state index contributed by atoms with van der Waals surface area (Å²) in [5.74, 6) is -0.872. The molecule has 1 aromatic heterocycles. The molecule has 1 saturated heterocycles. The zero-order valence-corrected chi connectivity index (χ0v) is 10.8. The number of carboxylic acid groups (broad SMARTS) is 1. The predicted octanol–water partition coefficient (Wildman–Crippen LogP) is 0.551. The molecule has 1 N–H and O–H groups in total. The minimum atomic E-state index is -1.07.